The first-order valence-corrected chi connectivity index (χ1v) is 8.68. The molecule has 0 aromatic carbocycles. The average molecular weight is 355 g/mol. The number of hydrogen-bond acceptors (Lipinski definition) is 5. The van der Waals surface area contributed by atoms with E-state index in [0.717, 1.165) is 12.1 Å². The monoisotopic (exact) mass is 355 g/mol. The number of fused-ring (bicyclic) bond motifs is 1. The normalized spacial score (nSPS) is 25.0. The molecule has 0 bridgehead atoms. The summed E-state index contributed by atoms with van der Waals surface area (Å²) >= 11 is 0. The molecule has 2 aromatic rings. The molecule has 2 amide bonds. The predicted molar refractivity (Wildman–Crippen MR) is 92.7 cm³/mol. The molecule has 1 N–H and O–H groups in total. The summed E-state index contributed by atoms with van der Waals surface area (Å²) in [5, 5.41) is 7.35. The molecule has 2 aromatic heterocycles. The summed E-state index contributed by atoms with van der Waals surface area (Å²) in [7, 11) is 0. The molecule has 2 aliphatic rings. The lowest BCUT2D eigenvalue weighted by Crippen LogP contribution is -2.57. The van der Waals surface area contributed by atoms with Crippen LogP contribution in [0.2, 0.25) is 0 Å². The summed E-state index contributed by atoms with van der Waals surface area (Å²) in [6.45, 7) is 3.73. The van der Waals surface area contributed by atoms with Crippen LogP contribution in [0.3, 0.4) is 0 Å². The Morgan fingerprint density at radius 2 is 2.27 bits per heavy atom. The fraction of sp³-hybridized carbons (Fsp3) is 0.444. The molecule has 0 saturated carbocycles. The van der Waals surface area contributed by atoms with Gasteiger partial charge in [0, 0.05) is 44.9 Å². The maximum atomic E-state index is 13.0. The number of amides is 2. The first-order chi connectivity index (χ1) is 12.6. The largest absolute Gasteiger partial charge is 0.381 e. The molecule has 0 aliphatic carbocycles. The molecule has 8 heteroatoms. The van der Waals surface area contributed by atoms with E-state index in [2.05, 4.69) is 15.4 Å². The van der Waals surface area contributed by atoms with E-state index in [0.29, 0.717) is 31.9 Å². The van der Waals surface area contributed by atoms with Gasteiger partial charge in [-0.05, 0) is 18.6 Å². The molecule has 136 valence electrons. The van der Waals surface area contributed by atoms with Crippen molar-refractivity contribution >= 4 is 11.8 Å². The second kappa shape index (κ2) is 6.53. The first kappa shape index (κ1) is 16.7. The Bertz CT molecular complexity index is 821. The SMILES string of the molecule is CC(=O)NC12CCOCC1CN(C(=O)c1cnn(-c3cccnc3)c1)C2. The third-order valence-electron chi connectivity index (χ3n) is 5.16. The molecule has 26 heavy (non-hydrogen) atoms. The van der Waals surface area contributed by atoms with Gasteiger partial charge in [-0.15, -0.1) is 0 Å². The average Bonchev–Trinajstić information content (AvgIpc) is 3.26. The smallest absolute Gasteiger partial charge is 0.257 e. The predicted octanol–water partition coefficient (Wildman–Crippen LogP) is 0.635. The first-order valence-electron chi connectivity index (χ1n) is 8.68. The zero-order valence-electron chi connectivity index (χ0n) is 14.6. The van der Waals surface area contributed by atoms with E-state index in [1.54, 1.807) is 34.4 Å². The Morgan fingerprint density at radius 3 is 3.04 bits per heavy atom. The second-order valence-electron chi connectivity index (χ2n) is 6.93. The summed E-state index contributed by atoms with van der Waals surface area (Å²) in [5.74, 6) is -0.0488. The lowest BCUT2D eigenvalue weighted by atomic mass is 9.83. The van der Waals surface area contributed by atoms with Crippen molar-refractivity contribution in [2.24, 2.45) is 5.92 Å². The van der Waals surface area contributed by atoms with Crippen LogP contribution in [0.25, 0.3) is 5.69 Å². The van der Waals surface area contributed by atoms with Crippen LogP contribution in [0.5, 0.6) is 0 Å². The van der Waals surface area contributed by atoms with Crippen molar-refractivity contribution in [3.63, 3.8) is 0 Å². The number of carbonyl (C=O) groups is 2. The Hall–Kier alpha value is -2.74. The number of hydrogen-bond donors (Lipinski definition) is 1. The van der Waals surface area contributed by atoms with E-state index in [1.807, 2.05) is 12.1 Å². The van der Waals surface area contributed by atoms with E-state index in [9.17, 15) is 9.59 Å². The highest BCUT2D eigenvalue weighted by molar-refractivity contribution is 5.94. The number of aromatic nitrogens is 3. The maximum Gasteiger partial charge on any atom is 0.257 e. The molecule has 2 fully saturated rings. The van der Waals surface area contributed by atoms with Crippen molar-refractivity contribution < 1.29 is 14.3 Å². The van der Waals surface area contributed by atoms with E-state index >= 15 is 0 Å². The highest BCUT2D eigenvalue weighted by Gasteiger charge is 2.50. The molecule has 4 heterocycles. The van der Waals surface area contributed by atoms with Gasteiger partial charge in [0.2, 0.25) is 5.91 Å². The highest BCUT2D eigenvalue weighted by Crippen LogP contribution is 2.35. The van der Waals surface area contributed by atoms with Gasteiger partial charge in [0.1, 0.15) is 0 Å². The van der Waals surface area contributed by atoms with E-state index in [1.165, 1.54) is 6.92 Å². The number of ether oxygens (including phenoxy) is 1. The van der Waals surface area contributed by atoms with Crippen molar-refractivity contribution in [2.45, 2.75) is 18.9 Å². The van der Waals surface area contributed by atoms with Gasteiger partial charge in [-0.1, -0.05) is 0 Å². The van der Waals surface area contributed by atoms with Crippen molar-refractivity contribution in [3.8, 4) is 5.69 Å². The Kier molecular flexibility index (Phi) is 4.20. The standard InChI is InChI=1S/C18H21N5O3/c1-13(24)21-18-4-6-26-11-15(18)10-22(12-18)17(25)14-7-20-23(9-14)16-3-2-5-19-8-16/h2-3,5,7-9,15H,4,6,10-12H2,1H3,(H,21,24). The van der Waals surface area contributed by atoms with E-state index in [-0.39, 0.29) is 23.3 Å². The molecule has 2 unspecified atom stereocenters. The lowest BCUT2D eigenvalue weighted by Gasteiger charge is -2.38. The number of nitrogens with one attached hydrogen (secondary N) is 1. The van der Waals surface area contributed by atoms with Gasteiger partial charge in [0.05, 0.1) is 35.8 Å². The summed E-state index contributed by atoms with van der Waals surface area (Å²) < 4.78 is 7.21. The fourth-order valence-electron chi connectivity index (χ4n) is 3.91. The van der Waals surface area contributed by atoms with E-state index < -0.39 is 0 Å². The van der Waals surface area contributed by atoms with Gasteiger partial charge in [0.15, 0.2) is 0 Å². The summed E-state index contributed by atoms with van der Waals surface area (Å²) in [4.78, 5) is 30.5. The van der Waals surface area contributed by atoms with Gasteiger partial charge >= 0.3 is 0 Å². The molecule has 0 spiro atoms. The topological polar surface area (TPSA) is 89.4 Å². The minimum absolute atomic E-state index is 0.0735. The summed E-state index contributed by atoms with van der Waals surface area (Å²) in [6, 6.07) is 3.70. The Morgan fingerprint density at radius 1 is 1.38 bits per heavy atom. The molecule has 0 radical (unpaired) electrons. The third kappa shape index (κ3) is 2.96. The Balaban J connectivity index is 1.54. The zero-order valence-corrected chi connectivity index (χ0v) is 14.6. The molecular weight excluding hydrogens is 334 g/mol. The number of likely N-dealkylation sites (tertiary alicyclic amines) is 1. The van der Waals surface area contributed by atoms with Crippen LogP contribution in [0.15, 0.2) is 36.9 Å². The van der Waals surface area contributed by atoms with Crippen molar-refractivity contribution in [1.29, 1.82) is 0 Å². The fourth-order valence-corrected chi connectivity index (χ4v) is 3.91. The maximum absolute atomic E-state index is 13.0. The van der Waals surface area contributed by atoms with Gasteiger partial charge in [-0.3, -0.25) is 14.6 Å². The van der Waals surface area contributed by atoms with Crippen molar-refractivity contribution in [2.75, 3.05) is 26.3 Å². The highest BCUT2D eigenvalue weighted by atomic mass is 16.5. The van der Waals surface area contributed by atoms with Gasteiger partial charge in [0.25, 0.3) is 5.91 Å². The van der Waals surface area contributed by atoms with Gasteiger partial charge in [-0.2, -0.15) is 5.10 Å². The summed E-state index contributed by atoms with van der Waals surface area (Å²) in [5.41, 5.74) is 0.926. The molecule has 4 rings (SSSR count). The minimum Gasteiger partial charge on any atom is -0.381 e. The minimum atomic E-state index is -0.390. The third-order valence-corrected chi connectivity index (χ3v) is 5.16. The van der Waals surface area contributed by atoms with Gasteiger partial charge in [-0.25, -0.2) is 4.68 Å². The van der Waals surface area contributed by atoms with Crippen LogP contribution in [-0.2, 0) is 9.53 Å². The molecular formula is C18H21N5O3. The Labute approximate surface area is 151 Å². The second-order valence-corrected chi connectivity index (χ2v) is 6.93. The number of rotatable bonds is 3. The van der Waals surface area contributed by atoms with Crippen molar-refractivity contribution in [1.82, 2.24) is 25.0 Å². The van der Waals surface area contributed by atoms with Crippen LogP contribution < -0.4 is 5.32 Å². The molecule has 8 nitrogen and oxygen atoms in total. The van der Waals surface area contributed by atoms with Crippen LogP contribution in [-0.4, -0.2) is 63.3 Å². The van der Waals surface area contributed by atoms with E-state index in [4.69, 9.17) is 4.74 Å². The lowest BCUT2D eigenvalue weighted by molar-refractivity contribution is -0.122. The van der Waals surface area contributed by atoms with Crippen LogP contribution >= 0.6 is 0 Å². The van der Waals surface area contributed by atoms with Crippen LogP contribution in [0.1, 0.15) is 23.7 Å². The molecule has 2 atom stereocenters. The molecule has 2 saturated heterocycles. The quantitative estimate of drug-likeness (QED) is 0.872. The van der Waals surface area contributed by atoms with Crippen LogP contribution in [0, 0.1) is 5.92 Å². The number of carbonyl (C=O) groups excluding carboxylic acids is 2. The summed E-state index contributed by atoms with van der Waals surface area (Å²) in [6.07, 6.45) is 7.38. The number of nitrogens with zero attached hydrogens (tertiary/aromatic N) is 4. The van der Waals surface area contributed by atoms with Crippen molar-refractivity contribution in [3.05, 3.63) is 42.5 Å². The zero-order chi connectivity index (χ0) is 18.1. The molecule has 2 aliphatic heterocycles. The van der Waals surface area contributed by atoms with Gasteiger partial charge < -0.3 is 15.0 Å². The number of pyridine rings is 1. The van der Waals surface area contributed by atoms with Crippen LogP contribution in [0.4, 0.5) is 0 Å².